The topological polar surface area (TPSA) is 108 Å². The minimum Gasteiger partial charge on any atom is -0.490 e. The van der Waals surface area contributed by atoms with Gasteiger partial charge in [0.1, 0.15) is 4.90 Å². The lowest BCUT2D eigenvalue weighted by Crippen LogP contribution is -2.11. The number of thioether (sulfide) groups is 1. The third kappa shape index (κ3) is 5.01. The quantitative estimate of drug-likeness (QED) is 0.477. The molecule has 152 valence electrons. The Labute approximate surface area is 181 Å². The van der Waals surface area contributed by atoms with E-state index >= 15 is 0 Å². The highest BCUT2D eigenvalue weighted by Gasteiger charge is 2.23. The summed E-state index contributed by atoms with van der Waals surface area (Å²) in [6.07, 6.45) is 1.60. The van der Waals surface area contributed by atoms with Crippen molar-refractivity contribution < 1.29 is 22.1 Å². The van der Waals surface area contributed by atoms with E-state index in [1.165, 1.54) is 12.1 Å². The molecule has 2 aromatic rings. The highest BCUT2D eigenvalue weighted by molar-refractivity contribution is 9.10. The molecule has 1 amide bonds. The van der Waals surface area contributed by atoms with Gasteiger partial charge < -0.3 is 14.7 Å². The summed E-state index contributed by atoms with van der Waals surface area (Å²) < 4.78 is 36.7. The maximum Gasteiger partial charge on any atom is 0.339 e. The largest absolute Gasteiger partial charge is 0.490 e. The van der Waals surface area contributed by atoms with Crippen molar-refractivity contribution >= 4 is 55.0 Å². The van der Waals surface area contributed by atoms with Crippen LogP contribution in [0.25, 0.3) is 6.08 Å². The SMILES string of the molecule is CCOc1cc(/C=C2/SC(N)=NC2=O)cc(Br)c1OS(=O)(=O)c1ccc(C)cc1. The van der Waals surface area contributed by atoms with Gasteiger partial charge in [0.05, 0.1) is 16.0 Å². The highest BCUT2D eigenvalue weighted by Crippen LogP contribution is 2.40. The number of rotatable bonds is 6. The van der Waals surface area contributed by atoms with Crippen molar-refractivity contribution in [3.05, 3.63) is 56.9 Å². The van der Waals surface area contributed by atoms with Gasteiger partial charge in [0, 0.05) is 0 Å². The number of carbonyl (C=O) groups excluding carboxylic acids is 1. The summed E-state index contributed by atoms with van der Waals surface area (Å²) in [6.45, 7) is 3.92. The Morgan fingerprint density at radius 2 is 1.93 bits per heavy atom. The van der Waals surface area contributed by atoms with Crippen molar-refractivity contribution in [2.24, 2.45) is 10.7 Å². The molecule has 0 atom stereocenters. The van der Waals surface area contributed by atoms with Crippen molar-refractivity contribution in [2.45, 2.75) is 18.7 Å². The van der Waals surface area contributed by atoms with Gasteiger partial charge in [-0.15, -0.1) is 0 Å². The molecule has 0 saturated carbocycles. The van der Waals surface area contributed by atoms with Gasteiger partial charge in [-0.2, -0.15) is 13.4 Å². The molecule has 10 heteroatoms. The monoisotopic (exact) mass is 496 g/mol. The van der Waals surface area contributed by atoms with Gasteiger partial charge in [-0.25, -0.2) is 0 Å². The molecule has 0 saturated heterocycles. The van der Waals surface area contributed by atoms with E-state index in [2.05, 4.69) is 20.9 Å². The zero-order chi connectivity index (χ0) is 21.2. The third-order valence-corrected chi connectivity index (χ3v) is 6.41. The van der Waals surface area contributed by atoms with E-state index in [0.717, 1.165) is 17.3 Å². The molecule has 0 radical (unpaired) electrons. The zero-order valence-electron chi connectivity index (χ0n) is 15.5. The molecular formula is C19H17BrN2O5S2. The second-order valence-corrected chi connectivity index (χ2v) is 9.44. The molecular weight excluding hydrogens is 480 g/mol. The second-order valence-electron chi connectivity index (χ2n) is 5.98. The minimum atomic E-state index is -4.06. The number of aryl methyl sites for hydroxylation is 1. The molecule has 7 nitrogen and oxygen atoms in total. The number of carbonyl (C=O) groups is 1. The Morgan fingerprint density at radius 1 is 1.24 bits per heavy atom. The van der Waals surface area contributed by atoms with Crippen molar-refractivity contribution in [1.82, 2.24) is 0 Å². The van der Waals surface area contributed by atoms with E-state index < -0.39 is 16.0 Å². The van der Waals surface area contributed by atoms with E-state index in [4.69, 9.17) is 14.7 Å². The van der Waals surface area contributed by atoms with Gasteiger partial charge in [-0.1, -0.05) is 17.7 Å². The van der Waals surface area contributed by atoms with Crippen molar-refractivity contribution in [3.8, 4) is 11.5 Å². The first-order valence-corrected chi connectivity index (χ1v) is 11.5. The van der Waals surface area contributed by atoms with E-state index in [1.807, 2.05) is 6.92 Å². The first-order chi connectivity index (χ1) is 13.7. The predicted molar refractivity (Wildman–Crippen MR) is 117 cm³/mol. The molecule has 29 heavy (non-hydrogen) atoms. The normalized spacial score (nSPS) is 15.5. The number of hydrogen-bond donors (Lipinski definition) is 1. The molecule has 1 aliphatic rings. The van der Waals surface area contributed by atoms with Crippen LogP contribution in [0.4, 0.5) is 0 Å². The summed E-state index contributed by atoms with van der Waals surface area (Å²) in [4.78, 5) is 15.9. The van der Waals surface area contributed by atoms with Crippen LogP contribution >= 0.6 is 27.7 Å². The minimum absolute atomic E-state index is 0.0238. The van der Waals surface area contributed by atoms with Crippen LogP contribution in [0.1, 0.15) is 18.1 Å². The number of ether oxygens (including phenoxy) is 1. The van der Waals surface area contributed by atoms with Gasteiger partial charge in [-0.05, 0) is 77.4 Å². The van der Waals surface area contributed by atoms with Gasteiger partial charge in [0.2, 0.25) is 0 Å². The Hall–Kier alpha value is -2.30. The van der Waals surface area contributed by atoms with E-state index in [1.54, 1.807) is 37.3 Å². The van der Waals surface area contributed by atoms with Gasteiger partial charge in [-0.3, -0.25) is 4.79 Å². The number of benzene rings is 2. The van der Waals surface area contributed by atoms with Crippen LogP contribution in [0.5, 0.6) is 11.5 Å². The average molecular weight is 497 g/mol. The molecule has 0 bridgehead atoms. The van der Waals surface area contributed by atoms with E-state index in [0.29, 0.717) is 14.9 Å². The summed E-state index contributed by atoms with van der Waals surface area (Å²) in [5, 5.41) is 0.175. The molecule has 2 N–H and O–H groups in total. The summed E-state index contributed by atoms with van der Waals surface area (Å²) in [7, 11) is -4.06. The lowest BCUT2D eigenvalue weighted by molar-refractivity contribution is -0.113. The fraction of sp³-hybridized carbons (Fsp3) is 0.158. The Bertz CT molecular complexity index is 1130. The summed E-state index contributed by atoms with van der Waals surface area (Å²) in [6, 6.07) is 9.54. The number of amides is 1. The molecule has 1 heterocycles. The molecule has 0 fully saturated rings. The Kier molecular flexibility index (Phi) is 6.35. The van der Waals surface area contributed by atoms with Crippen LogP contribution < -0.4 is 14.7 Å². The molecule has 3 rings (SSSR count). The summed E-state index contributed by atoms with van der Waals surface area (Å²) >= 11 is 4.40. The van der Waals surface area contributed by atoms with Crippen LogP contribution in [-0.2, 0) is 14.9 Å². The standard InChI is InChI=1S/C19H17BrN2O5S2/c1-3-26-15-9-12(10-16-18(23)22-19(21)28-16)8-14(20)17(15)27-29(24,25)13-6-4-11(2)5-7-13/h4-10H,3H2,1-2H3,(H2,21,22,23)/b16-10+. The molecule has 0 aromatic heterocycles. The van der Waals surface area contributed by atoms with Crippen molar-refractivity contribution in [2.75, 3.05) is 6.61 Å². The summed E-state index contributed by atoms with van der Waals surface area (Å²) in [5.41, 5.74) is 7.10. The molecule has 0 spiro atoms. The fourth-order valence-electron chi connectivity index (χ4n) is 2.45. The molecule has 0 aliphatic carbocycles. The number of nitrogens with zero attached hydrogens (tertiary/aromatic N) is 1. The smallest absolute Gasteiger partial charge is 0.339 e. The maximum atomic E-state index is 12.7. The van der Waals surface area contributed by atoms with E-state index in [9.17, 15) is 13.2 Å². The van der Waals surface area contributed by atoms with Crippen molar-refractivity contribution in [1.29, 1.82) is 0 Å². The summed E-state index contributed by atoms with van der Waals surface area (Å²) in [5.74, 6) is -0.187. The highest BCUT2D eigenvalue weighted by atomic mass is 79.9. The predicted octanol–water partition coefficient (Wildman–Crippen LogP) is 3.85. The lowest BCUT2D eigenvalue weighted by Gasteiger charge is -2.14. The van der Waals surface area contributed by atoms with Gasteiger partial charge >= 0.3 is 10.1 Å². The van der Waals surface area contributed by atoms with Crippen LogP contribution in [-0.4, -0.2) is 26.1 Å². The van der Waals surface area contributed by atoms with Crippen LogP contribution in [0, 0.1) is 6.92 Å². The van der Waals surface area contributed by atoms with Crippen LogP contribution in [0.2, 0.25) is 0 Å². The lowest BCUT2D eigenvalue weighted by atomic mass is 10.2. The number of nitrogens with two attached hydrogens (primary N) is 1. The number of amidine groups is 1. The Balaban J connectivity index is 1.98. The maximum absolute atomic E-state index is 12.7. The van der Waals surface area contributed by atoms with E-state index in [-0.39, 0.29) is 28.2 Å². The van der Waals surface area contributed by atoms with Gasteiger partial charge in [0.15, 0.2) is 16.7 Å². The first kappa shape index (κ1) is 21.4. The number of aliphatic imine (C=N–C) groups is 1. The second kappa shape index (κ2) is 8.60. The molecule has 1 aliphatic heterocycles. The zero-order valence-corrected chi connectivity index (χ0v) is 18.7. The van der Waals surface area contributed by atoms with Crippen LogP contribution in [0.3, 0.4) is 0 Å². The molecule has 2 aromatic carbocycles. The number of halogens is 1. The number of hydrogen-bond acceptors (Lipinski definition) is 7. The molecule has 0 unspecified atom stereocenters. The van der Waals surface area contributed by atoms with Crippen LogP contribution in [0.15, 0.2) is 55.7 Å². The fourth-order valence-corrected chi connectivity index (χ4v) is 4.74. The third-order valence-electron chi connectivity index (χ3n) is 3.77. The van der Waals surface area contributed by atoms with Gasteiger partial charge in [0.25, 0.3) is 5.91 Å². The average Bonchev–Trinajstić information content (AvgIpc) is 2.95. The Morgan fingerprint density at radius 3 is 2.52 bits per heavy atom. The van der Waals surface area contributed by atoms with Crippen molar-refractivity contribution in [3.63, 3.8) is 0 Å². The first-order valence-electron chi connectivity index (χ1n) is 8.45.